The van der Waals surface area contributed by atoms with Crippen molar-refractivity contribution in [2.75, 3.05) is 6.54 Å². The van der Waals surface area contributed by atoms with E-state index in [0.29, 0.717) is 24.9 Å². The van der Waals surface area contributed by atoms with E-state index in [1.807, 2.05) is 6.07 Å². The Bertz CT molecular complexity index is 663. The molecule has 1 amide bonds. The van der Waals surface area contributed by atoms with Gasteiger partial charge in [0.15, 0.2) is 5.94 Å². The van der Waals surface area contributed by atoms with Crippen molar-refractivity contribution in [2.24, 2.45) is 0 Å². The molecule has 0 saturated carbocycles. The van der Waals surface area contributed by atoms with Crippen molar-refractivity contribution in [1.29, 1.82) is 0 Å². The number of nitrogens with one attached hydrogen (secondary N) is 2. The number of amides is 1. The molecule has 1 atom stereocenters. The summed E-state index contributed by atoms with van der Waals surface area (Å²) in [7, 11) is 0. The van der Waals surface area contributed by atoms with Crippen LogP contribution in [0.15, 0.2) is 30.3 Å². The van der Waals surface area contributed by atoms with Crippen LogP contribution in [0, 0.1) is 0 Å². The van der Waals surface area contributed by atoms with E-state index < -0.39 is 23.7 Å². The van der Waals surface area contributed by atoms with E-state index in [-0.39, 0.29) is 12.2 Å². The summed E-state index contributed by atoms with van der Waals surface area (Å²) in [6.45, 7) is 5.50. The van der Waals surface area contributed by atoms with E-state index in [1.165, 1.54) is 0 Å². The van der Waals surface area contributed by atoms with Crippen molar-refractivity contribution in [2.45, 2.75) is 51.7 Å². The van der Waals surface area contributed by atoms with Gasteiger partial charge in [-0.25, -0.2) is 14.4 Å². The number of rotatable bonds is 10. The number of aliphatic carboxylic acids is 1. The van der Waals surface area contributed by atoms with Gasteiger partial charge in [0.1, 0.15) is 11.6 Å². The molecule has 1 aromatic rings. The molecule has 3 N–H and O–H groups in total. The van der Waals surface area contributed by atoms with Gasteiger partial charge in [-0.1, -0.05) is 30.3 Å². The zero-order chi connectivity index (χ0) is 20.3. The van der Waals surface area contributed by atoms with Crippen LogP contribution >= 0.6 is 0 Å². The van der Waals surface area contributed by atoms with Gasteiger partial charge in [-0.15, -0.1) is 0 Å². The lowest BCUT2D eigenvalue weighted by atomic mass is 10.1. The van der Waals surface area contributed by atoms with Crippen molar-refractivity contribution in [3.05, 3.63) is 35.9 Å². The van der Waals surface area contributed by atoms with Gasteiger partial charge in [-0.3, -0.25) is 0 Å². The van der Waals surface area contributed by atoms with Gasteiger partial charge < -0.3 is 20.0 Å². The third-order valence-corrected chi connectivity index (χ3v) is 3.31. The highest BCUT2D eigenvalue weighted by molar-refractivity contribution is 5.83. The third kappa shape index (κ3) is 9.44. The number of unbranched alkanes of at least 4 members (excludes halogenated alkanes) is 1. The molecule has 0 spiro atoms. The van der Waals surface area contributed by atoms with Crippen LogP contribution in [-0.2, 0) is 19.2 Å². The lowest BCUT2D eigenvalue weighted by molar-refractivity contribution is -0.139. The Morgan fingerprint density at radius 1 is 1.19 bits per heavy atom. The molecule has 0 fully saturated rings. The molecule has 0 unspecified atom stereocenters. The van der Waals surface area contributed by atoms with Gasteiger partial charge in [0.2, 0.25) is 5.76 Å². The smallest absolute Gasteiger partial charge is 0.408 e. The number of hydroxylamine groups is 1. The molecule has 0 radical (unpaired) electrons. The van der Waals surface area contributed by atoms with E-state index in [1.54, 1.807) is 51.0 Å². The molecular formula is C19H26N2O6. The maximum absolute atomic E-state index is 11.7. The first-order chi connectivity index (χ1) is 12.7. The molecule has 0 bridgehead atoms. The predicted octanol–water partition coefficient (Wildman–Crippen LogP) is 2.53. The second-order valence-electron chi connectivity index (χ2n) is 6.83. The average molecular weight is 378 g/mol. The first-order valence-electron chi connectivity index (χ1n) is 8.65. The Balaban J connectivity index is 2.31. The minimum absolute atomic E-state index is 0.0469. The molecule has 1 rings (SSSR count). The van der Waals surface area contributed by atoms with Gasteiger partial charge in [-0.05, 0) is 40.0 Å². The molecule has 0 heterocycles. The maximum atomic E-state index is 11.7. The van der Waals surface area contributed by atoms with E-state index in [4.69, 9.17) is 9.57 Å². The lowest BCUT2D eigenvalue weighted by Gasteiger charge is -2.22. The van der Waals surface area contributed by atoms with Gasteiger partial charge in [0.25, 0.3) is 0 Å². The first-order valence-corrected chi connectivity index (χ1v) is 8.65. The minimum Gasteiger partial charge on any atom is -0.480 e. The molecule has 148 valence electrons. The number of carboxylic acid groups (broad SMARTS) is 1. The van der Waals surface area contributed by atoms with Crippen LogP contribution in [0.3, 0.4) is 0 Å². The Kier molecular flexibility index (Phi) is 9.05. The SMILES string of the molecule is CC(C)(C)OC(=O)N[C@@H](CCCCNOC(=C=O)c1ccccc1)C(=O)O. The second-order valence-corrected chi connectivity index (χ2v) is 6.83. The number of benzene rings is 1. The van der Waals surface area contributed by atoms with Gasteiger partial charge in [-0.2, -0.15) is 5.48 Å². The van der Waals surface area contributed by atoms with Crippen molar-refractivity contribution < 1.29 is 29.1 Å². The summed E-state index contributed by atoms with van der Waals surface area (Å²) in [5.41, 5.74) is 2.56. The fraction of sp³-hybridized carbons (Fsp3) is 0.474. The summed E-state index contributed by atoms with van der Waals surface area (Å²) < 4.78 is 5.06. The van der Waals surface area contributed by atoms with Crippen LogP contribution in [0.25, 0.3) is 5.76 Å². The van der Waals surface area contributed by atoms with Crippen molar-refractivity contribution in [1.82, 2.24) is 10.8 Å². The zero-order valence-corrected chi connectivity index (χ0v) is 15.8. The minimum atomic E-state index is -1.12. The number of ether oxygens (including phenoxy) is 1. The highest BCUT2D eigenvalue weighted by Crippen LogP contribution is 2.11. The molecule has 0 aliphatic carbocycles. The molecule has 0 aromatic heterocycles. The lowest BCUT2D eigenvalue weighted by Crippen LogP contribution is -2.43. The Morgan fingerprint density at radius 2 is 1.85 bits per heavy atom. The number of hydrogen-bond acceptors (Lipinski definition) is 6. The van der Waals surface area contributed by atoms with Crippen LogP contribution in [0.1, 0.15) is 45.6 Å². The van der Waals surface area contributed by atoms with Crippen LogP contribution in [-0.4, -0.2) is 41.3 Å². The Labute approximate surface area is 158 Å². The summed E-state index contributed by atoms with van der Waals surface area (Å²) in [4.78, 5) is 39.1. The standard InChI is InChI=1S/C19H26N2O6/c1-19(2,3)26-18(25)21-15(17(23)24)11-7-8-12-20-27-16(13-22)14-9-5-4-6-10-14/h4-6,9-10,15,20H,7-8,11-12H2,1-3H3,(H,21,25)(H,23,24)/t15-/m0/s1. The number of carbonyl (C=O) groups excluding carboxylic acids is 2. The van der Waals surface area contributed by atoms with Crippen LogP contribution in [0.5, 0.6) is 0 Å². The van der Waals surface area contributed by atoms with Crippen LogP contribution in [0.2, 0.25) is 0 Å². The normalized spacial score (nSPS) is 11.8. The molecule has 8 nitrogen and oxygen atoms in total. The van der Waals surface area contributed by atoms with Gasteiger partial charge in [0.05, 0.1) is 0 Å². The van der Waals surface area contributed by atoms with E-state index in [9.17, 15) is 19.5 Å². The van der Waals surface area contributed by atoms with E-state index in [0.717, 1.165) is 0 Å². The number of carboxylic acids is 1. The van der Waals surface area contributed by atoms with E-state index >= 15 is 0 Å². The maximum Gasteiger partial charge on any atom is 0.408 e. The highest BCUT2D eigenvalue weighted by atomic mass is 16.6. The van der Waals surface area contributed by atoms with Crippen molar-refractivity contribution in [3.63, 3.8) is 0 Å². The fourth-order valence-corrected chi connectivity index (χ4v) is 2.10. The highest BCUT2D eigenvalue weighted by Gasteiger charge is 2.23. The zero-order valence-electron chi connectivity index (χ0n) is 15.8. The summed E-state index contributed by atoms with van der Waals surface area (Å²) in [6.07, 6.45) is 0.584. The number of alkyl carbamates (subject to hydrolysis) is 1. The van der Waals surface area contributed by atoms with E-state index in [2.05, 4.69) is 10.8 Å². The summed E-state index contributed by atoms with van der Waals surface area (Å²) in [5, 5.41) is 11.5. The quantitative estimate of drug-likeness (QED) is 0.248. The van der Waals surface area contributed by atoms with Gasteiger partial charge >= 0.3 is 12.1 Å². The van der Waals surface area contributed by atoms with Crippen LogP contribution < -0.4 is 10.8 Å². The fourth-order valence-electron chi connectivity index (χ4n) is 2.10. The molecule has 0 saturated heterocycles. The average Bonchev–Trinajstić information content (AvgIpc) is 2.59. The predicted molar refractivity (Wildman–Crippen MR) is 99.3 cm³/mol. The number of carbonyl (C=O) groups is 2. The number of hydrogen-bond donors (Lipinski definition) is 3. The summed E-state index contributed by atoms with van der Waals surface area (Å²) >= 11 is 0. The molecule has 0 aliphatic heterocycles. The topological polar surface area (TPSA) is 114 Å². The van der Waals surface area contributed by atoms with Crippen molar-refractivity contribution >= 4 is 23.8 Å². The molecular weight excluding hydrogens is 352 g/mol. The van der Waals surface area contributed by atoms with Gasteiger partial charge in [0, 0.05) is 12.1 Å². The molecule has 8 heteroatoms. The molecule has 1 aromatic carbocycles. The Hall–Kier alpha value is -2.83. The largest absolute Gasteiger partial charge is 0.480 e. The van der Waals surface area contributed by atoms with Crippen molar-refractivity contribution in [3.8, 4) is 0 Å². The van der Waals surface area contributed by atoms with Crippen LogP contribution in [0.4, 0.5) is 4.79 Å². The third-order valence-electron chi connectivity index (χ3n) is 3.31. The molecule has 0 aliphatic rings. The Morgan fingerprint density at radius 3 is 2.41 bits per heavy atom. The first kappa shape index (κ1) is 22.2. The molecule has 27 heavy (non-hydrogen) atoms. The summed E-state index contributed by atoms with van der Waals surface area (Å²) in [6, 6.07) is 7.79. The summed E-state index contributed by atoms with van der Waals surface area (Å²) in [5.74, 6) is 0.648. The second kappa shape index (κ2) is 11.0. The monoisotopic (exact) mass is 378 g/mol.